The first-order valence-electron chi connectivity index (χ1n) is 16.9. The van der Waals surface area contributed by atoms with Crippen molar-refractivity contribution in [3.8, 4) is 5.88 Å². The summed E-state index contributed by atoms with van der Waals surface area (Å²) in [5, 5.41) is 29.8. The Morgan fingerprint density at radius 1 is 1.10 bits per heavy atom. The number of hydrogen-bond donors (Lipinski definition) is 3. The van der Waals surface area contributed by atoms with Crippen molar-refractivity contribution < 1.29 is 46.1 Å². The van der Waals surface area contributed by atoms with Crippen LogP contribution in [0, 0.1) is 19.3 Å². The average Bonchev–Trinajstić information content (AvgIpc) is 3.50. The number of aliphatic carboxylic acids is 1. The number of aryl methyl sites for hydroxylation is 2. The Hall–Kier alpha value is -4.32. The SMILES string of the molecule is Cc1ccc([C@H](c2ccn3c(C(F)(F)F)nnc3c2C)C(C)(C)C(=O)O)cc1CN1CC2(CCOCC2)Oc2nc(NCCCO)ccc2S1(=O)=O. The fourth-order valence-corrected chi connectivity index (χ4v) is 8.50. The molecule has 280 valence electrons. The molecule has 1 atom stereocenters. The summed E-state index contributed by atoms with van der Waals surface area (Å²) < 4.78 is 84.1. The van der Waals surface area contributed by atoms with E-state index in [0.717, 1.165) is 9.96 Å². The molecule has 13 nitrogen and oxygen atoms in total. The molecule has 0 saturated carbocycles. The Morgan fingerprint density at radius 2 is 1.83 bits per heavy atom. The summed E-state index contributed by atoms with van der Waals surface area (Å²) in [5.41, 5.74) is 0.191. The van der Waals surface area contributed by atoms with Crippen LogP contribution in [0.1, 0.15) is 72.7 Å². The lowest BCUT2D eigenvalue weighted by atomic mass is 9.70. The van der Waals surface area contributed by atoms with Gasteiger partial charge >= 0.3 is 12.1 Å². The molecule has 0 unspecified atom stereocenters. The molecule has 3 aromatic heterocycles. The largest absolute Gasteiger partial charge is 0.481 e. The Balaban J connectivity index is 1.43. The fraction of sp³-hybridized carbons (Fsp3) is 0.486. The first-order valence-corrected chi connectivity index (χ1v) is 18.3. The van der Waals surface area contributed by atoms with Gasteiger partial charge in [0.25, 0.3) is 0 Å². The van der Waals surface area contributed by atoms with Crippen molar-refractivity contribution in [2.75, 3.05) is 38.2 Å². The van der Waals surface area contributed by atoms with Crippen LogP contribution in [0.5, 0.6) is 5.88 Å². The van der Waals surface area contributed by atoms with E-state index in [9.17, 15) is 36.6 Å². The van der Waals surface area contributed by atoms with E-state index in [1.54, 1.807) is 31.2 Å². The van der Waals surface area contributed by atoms with Gasteiger partial charge in [0.2, 0.25) is 21.7 Å². The zero-order valence-corrected chi connectivity index (χ0v) is 30.0. The molecule has 17 heteroatoms. The van der Waals surface area contributed by atoms with Crippen LogP contribution in [0.25, 0.3) is 5.65 Å². The number of benzene rings is 1. The monoisotopic (exact) mass is 746 g/mol. The topological polar surface area (TPSA) is 168 Å². The number of sulfonamides is 1. The van der Waals surface area contributed by atoms with E-state index in [2.05, 4.69) is 20.5 Å². The Bertz CT molecular complexity index is 2100. The number of anilines is 1. The zero-order chi connectivity index (χ0) is 37.6. The predicted octanol–water partition coefficient (Wildman–Crippen LogP) is 4.93. The molecule has 5 heterocycles. The van der Waals surface area contributed by atoms with Gasteiger partial charge in [-0.2, -0.15) is 22.5 Å². The maximum atomic E-state index is 14.4. The molecule has 0 bridgehead atoms. The van der Waals surface area contributed by atoms with E-state index >= 15 is 0 Å². The van der Waals surface area contributed by atoms with Crippen LogP contribution in [-0.2, 0) is 32.3 Å². The van der Waals surface area contributed by atoms with Gasteiger partial charge in [0.05, 0.1) is 25.2 Å². The molecule has 0 amide bonds. The standard InChI is InChI=1S/C35H41F3N6O7S/c1-21-6-7-23(28(33(3,4)32(46)47)25-10-14-44-29(22(25)2)41-42-31(44)35(36,37)38)18-24(21)19-43-20-34(11-16-50-17-12-34)51-30-26(52(43,48)49)8-9-27(40-30)39-13-5-15-45/h6-10,14,18,28,45H,5,11-13,15-17,19-20H2,1-4H3,(H,39,40)(H,46,47)/t28-/m1/s1. The van der Waals surface area contributed by atoms with Crippen LogP contribution in [0.3, 0.4) is 0 Å². The van der Waals surface area contributed by atoms with Gasteiger partial charge in [-0.15, -0.1) is 10.2 Å². The second-order valence-corrected chi connectivity index (χ2v) is 15.8. The highest BCUT2D eigenvalue weighted by Crippen LogP contribution is 2.45. The van der Waals surface area contributed by atoms with E-state index in [4.69, 9.17) is 9.47 Å². The molecule has 6 rings (SSSR count). The van der Waals surface area contributed by atoms with Gasteiger partial charge in [0.1, 0.15) is 16.3 Å². The minimum absolute atomic E-state index is 0.000237. The second-order valence-electron chi connectivity index (χ2n) is 13.9. The molecule has 1 aromatic carbocycles. The summed E-state index contributed by atoms with van der Waals surface area (Å²) in [6.45, 7) is 7.53. The van der Waals surface area contributed by atoms with Gasteiger partial charge in [-0.05, 0) is 80.1 Å². The van der Waals surface area contributed by atoms with Crippen molar-refractivity contribution in [3.05, 3.63) is 76.2 Å². The van der Waals surface area contributed by atoms with Gasteiger partial charge in [0, 0.05) is 44.7 Å². The number of pyridine rings is 2. The van der Waals surface area contributed by atoms with Crippen molar-refractivity contribution in [2.45, 2.75) is 76.1 Å². The average molecular weight is 747 g/mol. The minimum atomic E-state index is -4.75. The number of rotatable bonds is 10. The third kappa shape index (κ3) is 6.93. The number of aliphatic hydroxyl groups excluding tert-OH is 1. The lowest BCUT2D eigenvalue weighted by Gasteiger charge is -2.38. The third-order valence-corrected chi connectivity index (χ3v) is 11.8. The van der Waals surface area contributed by atoms with Crippen molar-refractivity contribution in [1.29, 1.82) is 0 Å². The number of halogens is 3. The smallest absolute Gasteiger partial charge is 0.452 e. The van der Waals surface area contributed by atoms with E-state index in [1.165, 1.54) is 36.5 Å². The Labute approximate surface area is 298 Å². The number of aliphatic hydroxyl groups is 1. The number of alkyl halides is 3. The fourth-order valence-electron chi connectivity index (χ4n) is 6.96. The van der Waals surface area contributed by atoms with Gasteiger partial charge in [-0.3, -0.25) is 9.20 Å². The number of nitrogens with zero attached hydrogens (tertiary/aromatic N) is 5. The molecule has 1 saturated heterocycles. The van der Waals surface area contributed by atoms with Crippen LogP contribution < -0.4 is 10.1 Å². The quantitative estimate of drug-likeness (QED) is 0.188. The van der Waals surface area contributed by atoms with Gasteiger partial charge in [-0.1, -0.05) is 18.2 Å². The lowest BCUT2D eigenvalue weighted by molar-refractivity contribution is -0.147. The number of hydrogen-bond acceptors (Lipinski definition) is 10. The zero-order valence-electron chi connectivity index (χ0n) is 29.2. The van der Waals surface area contributed by atoms with E-state index in [1.807, 2.05) is 6.92 Å². The number of aromatic nitrogens is 4. The second kappa shape index (κ2) is 13.9. The number of nitrogens with one attached hydrogen (secondary N) is 1. The van der Waals surface area contributed by atoms with Crippen LogP contribution in [0.4, 0.5) is 19.0 Å². The molecule has 0 aliphatic carbocycles. The number of carboxylic acids is 1. The molecule has 1 spiro atoms. The van der Waals surface area contributed by atoms with E-state index in [0.29, 0.717) is 67.1 Å². The highest BCUT2D eigenvalue weighted by molar-refractivity contribution is 7.89. The van der Waals surface area contributed by atoms with Crippen molar-refractivity contribution in [1.82, 2.24) is 23.9 Å². The number of carboxylic acid groups (broad SMARTS) is 1. The summed E-state index contributed by atoms with van der Waals surface area (Å²) in [4.78, 5) is 17.2. The predicted molar refractivity (Wildman–Crippen MR) is 183 cm³/mol. The summed E-state index contributed by atoms with van der Waals surface area (Å²) in [6.07, 6.45) is -2.26. The minimum Gasteiger partial charge on any atom is -0.481 e. The number of ether oxygens (including phenoxy) is 2. The highest BCUT2D eigenvalue weighted by Gasteiger charge is 2.46. The van der Waals surface area contributed by atoms with Gasteiger partial charge in [0.15, 0.2) is 5.65 Å². The summed E-state index contributed by atoms with van der Waals surface area (Å²) >= 11 is 0. The molecule has 2 aliphatic heterocycles. The Morgan fingerprint density at radius 3 is 2.50 bits per heavy atom. The maximum Gasteiger partial charge on any atom is 0.452 e. The molecule has 4 aromatic rings. The molecular formula is C35H41F3N6O7S. The van der Waals surface area contributed by atoms with Crippen molar-refractivity contribution in [3.63, 3.8) is 0 Å². The molecule has 3 N–H and O–H groups in total. The summed E-state index contributed by atoms with van der Waals surface area (Å²) in [6, 6.07) is 9.77. The maximum absolute atomic E-state index is 14.4. The van der Waals surface area contributed by atoms with Crippen LogP contribution in [-0.4, -0.2) is 87.0 Å². The Kier molecular flexibility index (Phi) is 10.0. The molecule has 0 radical (unpaired) electrons. The van der Waals surface area contributed by atoms with Crippen molar-refractivity contribution in [2.24, 2.45) is 5.41 Å². The van der Waals surface area contributed by atoms with Crippen LogP contribution in [0.15, 0.2) is 47.5 Å². The summed E-state index contributed by atoms with van der Waals surface area (Å²) in [7, 11) is -4.19. The summed E-state index contributed by atoms with van der Waals surface area (Å²) in [5.74, 6) is -2.84. The molecule has 1 fully saturated rings. The van der Waals surface area contributed by atoms with Gasteiger partial charge in [-0.25, -0.2) is 8.42 Å². The third-order valence-electron chi connectivity index (χ3n) is 10.0. The molecule has 2 aliphatic rings. The van der Waals surface area contributed by atoms with Crippen LogP contribution in [0.2, 0.25) is 0 Å². The highest BCUT2D eigenvalue weighted by atomic mass is 32.2. The number of fused-ring (bicyclic) bond motifs is 2. The van der Waals surface area contributed by atoms with E-state index < -0.39 is 44.9 Å². The van der Waals surface area contributed by atoms with Crippen LogP contribution >= 0.6 is 0 Å². The van der Waals surface area contributed by atoms with E-state index in [-0.39, 0.29) is 36.1 Å². The first kappa shape index (κ1) is 37.4. The number of carbonyl (C=O) groups is 1. The molecule has 52 heavy (non-hydrogen) atoms. The van der Waals surface area contributed by atoms with Gasteiger partial charge < -0.3 is 25.0 Å². The molecular weight excluding hydrogens is 705 g/mol. The normalized spacial score (nSPS) is 18.1. The lowest BCUT2D eigenvalue weighted by Crippen LogP contribution is -2.50. The first-order chi connectivity index (χ1) is 24.5. The van der Waals surface area contributed by atoms with Crippen molar-refractivity contribution >= 4 is 27.5 Å².